The van der Waals surface area contributed by atoms with Crippen LogP contribution in [0.1, 0.15) is 49.3 Å². The fraction of sp³-hybridized carbons (Fsp3) is 0.611. The fourth-order valence-electron chi connectivity index (χ4n) is 2.99. The van der Waals surface area contributed by atoms with E-state index in [-0.39, 0.29) is 5.91 Å². The molecule has 116 valence electrons. The Labute approximate surface area is 128 Å². The molecule has 1 N–H and O–H groups in total. The summed E-state index contributed by atoms with van der Waals surface area (Å²) < 4.78 is 0. The number of carbonyl (C=O) groups is 1. The zero-order valence-electron chi connectivity index (χ0n) is 13.6. The lowest BCUT2D eigenvalue weighted by atomic mass is 10.0. The molecule has 3 nitrogen and oxygen atoms in total. The van der Waals surface area contributed by atoms with Crippen molar-refractivity contribution in [1.82, 2.24) is 10.2 Å². The summed E-state index contributed by atoms with van der Waals surface area (Å²) in [6.07, 6.45) is 4.20. The van der Waals surface area contributed by atoms with E-state index in [1.807, 2.05) is 0 Å². The van der Waals surface area contributed by atoms with Crippen LogP contribution in [0.15, 0.2) is 18.2 Å². The van der Waals surface area contributed by atoms with Crippen molar-refractivity contribution in [3.63, 3.8) is 0 Å². The average Bonchev–Trinajstić information content (AvgIpc) is 3.00. The summed E-state index contributed by atoms with van der Waals surface area (Å²) in [5.74, 6) is 0.168. The van der Waals surface area contributed by atoms with Crippen molar-refractivity contribution in [2.45, 2.75) is 59.0 Å². The van der Waals surface area contributed by atoms with Gasteiger partial charge in [-0.05, 0) is 69.8 Å². The highest BCUT2D eigenvalue weighted by atomic mass is 16.1. The first-order chi connectivity index (χ1) is 10.1. The maximum Gasteiger partial charge on any atom is 0.220 e. The van der Waals surface area contributed by atoms with Crippen LogP contribution in [0.4, 0.5) is 0 Å². The summed E-state index contributed by atoms with van der Waals surface area (Å²) in [6.45, 7) is 9.51. The number of rotatable bonds is 6. The van der Waals surface area contributed by atoms with Crippen LogP contribution in [0.3, 0.4) is 0 Å². The Bertz CT molecular complexity index is 478. The second kappa shape index (κ2) is 7.60. The lowest BCUT2D eigenvalue weighted by Gasteiger charge is -2.23. The molecule has 0 saturated carbocycles. The maximum absolute atomic E-state index is 12.0. The van der Waals surface area contributed by atoms with Crippen LogP contribution in [-0.2, 0) is 11.3 Å². The molecule has 0 aliphatic carbocycles. The molecule has 1 saturated heterocycles. The van der Waals surface area contributed by atoms with Crippen molar-refractivity contribution >= 4 is 5.91 Å². The molecule has 3 heteroatoms. The Morgan fingerprint density at radius 3 is 2.71 bits per heavy atom. The third-order valence-electron chi connectivity index (χ3n) is 4.75. The van der Waals surface area contributed by atoms with E-state index in [2.05, 4.69) is 49.2 Å². The fourth-order valence-corrected chi connectivity index (χ4v) is 2.99. The largest absolute Gasteiger partial charge is 0.352 e. The van der Waals surface area contributed by atoms with Gasteiger partial charge in [0, 0.05) is 19.0 Å². The van der Waals surface area contributed by atoms with Crippen LogP contribution in [0.2, 0.25) is 0 Å². The molecule has 1 aliphatic heterocycles. The van der Waals surface area contributed by atoms with Crippen molar-refractivity contribution in [3.8, 4) is 0 Å². The summed E-state index contributed by atoms with van der Waals surface area (Å²) in [5, 5.41) is 3.06. The van der Waals surface area contributed by atoms with Gasteiger partial charge < -0.3 is 10.2 Å². The van der Waals surface area contributed by atoms with Crippen LogP contribution < -0.4 is 5.32 Å². The zero-order chi connectivity index (χ0) is 15.2. The highest BCUT2D eigenvalue weighted by Gasteiger charge is 2.18. The third kappa shape index (κ3) is 4.57. The molecule has 1 aromatic carbocycles. The number of likely N-dealkylation sites (tertiary alicyclic amines) is 1. The minimum Gasteiger partial charge on any atom is -0.352 e. The Morgan fingerprint density at radius 2 is 2.00 bits per heavy atom. The van der Waals surface area contributed by atoms with Crippen LogP contribution in [0.25, 0.3) is 0 Å². The number of aryl methyl sites for hydroxylation is 1. The average molecular weight is 288 g/mol. The summed E-state index contributed by atoms with van der Waals surface area (Å²) in [5.41, 5.74) is 3.78. The summed E-state index contributed by atoms with van der Waals surface area (Å²) in [6, 6.07) is 6.78. The van der Waals surface area contributed by atoms with Gasteiger partial charge in [0.2, 0.25) is 5.91 Å². The number of hydrogen-bond donors (Lipinski definition) is 1. The molecular formula is C18H28N2O. The Hall–Kier alpha value is -1.35. The third-order valence-corrected chi connectivity index (χ3v) is 4.75. The van der Waals surface area contributed by atoms with Gasteiger partial charge in [0.05, 0.1) is 0 Å². The predicted molar refractivity (Wildman–Crippen MR) is 87.3 cm³/mol. The van der Waals surface area contributed by atoms with Crippen molar-refractivity contribution in [1.29, 1.82) is 0 Å². The van der Waals surface area contributed by atoms with Gasteiger partial charge in [-0.15, -0.1) is 0 Å². The molecule has 0 aromatic heterocycles. The topological polar surface area (TPSA) is 32.3 Å². The normalized spacial score (nSPS) is 16.9. The van der Waals surface area contributed by atoms with Gasteiger partial charge in [-0.3, -0.25) is 4.79 Å². The van der Waals surface area contributed by atoms with Gasteiger partial charge in [0.15, 0.2) is 0 Å². The van der Waals surface area contributed by atoms with Gasteiger partial charge in [-0.1, -0.05) is 18.2 Å². The van der Waals surface area contributed by atoms with Gasteiger partial charge >= 0.3 is 0 Å². The number of nitrogens with one attached hydrogen (secondary N) is 1. The highest BCUT2D eigenvalue weighted by molar-refractivity contribution is 5.75. The van der Waals surface area contributed by atoms with Crippen molar-refractivity contribution in [2.24, 2.45) is 0 Å². The van der Waals surface area contributed by atoms with Gasteiger partial charge in [-0.2, -0.15) is 0 Å². The Kier molecular flexibility index (Phi) is 5.80. The van der Waals surface area contributed by atoms with Gasteiger partial charge in [0.25, 0.3) is 0 Å². The molecule has 1 fully saturated rings. The molecular weight excluding hydrogens is 260 g/mol. The quantitative estimate of drug-likeness (QED) is 0.872. The van der Waals surface area contributed by atoms with Crippen molar-refractivity contribution < 1.29 is 4.79 Å². The molecule has 0 bridgehead atoms. The Balaban J connectivity index is 1.73. The van der Waals surface area contributed by atoms with Gasteiger partial charge in [-0.25, -0.2) is 0 Å². The van der Waals surface area contributed by atoms with E-state index in [4.69, 9.17) is 0 Å². The summed E-state index contributed by atoms with van der Waals surface area (Å²) >= 11 is 0. The molecule has 2 rings (SSSR count). The van der Waals surface area contributed by atoms with E-state index in [0.717, 1.165) is 6.42 Å². The smallest absolute Gasteiger partial charge is 0.220 e. The first kappa shape index (κ1) is 16.0. The van der Waals surface area contributed by atoms with Crippen molar-refractivity contribution in [2.75, 3.05) is 13.1 Å². The molecule has 0 spiro atoms. The molecule has 0 unspecified atom stereocenters. The summed E-state index contributed by atoms with van der Waals surface area (Å²) in [7, 11) is 0. The van der Waals surface area contributed by atoms with Crippen LogP contribution >= 0.6 is 0 Å². The lowest BCUT2D eigenvalue weighted by Crippen LogP contribution is -2.32. The molecule has 0 radical (unpaired) electrons. The highest BCUT2D eigenvalue weighted by Crippen LogP contribution is 2.15. The first-order valence-electron chi connectivity index (χ1n) is 8.14. The molecule has 1 amide bonds. The molecule has 1 heterocycles. The molecule has 1 aliphatic rings. The van der Waals surface area contributed by atoms with E-state index in [1.165, 1.54) is 42.6 Å². The number of amides is 1. The second-order valence-electron chi connectivity index (χ2n) is 6.27. The zero-order valence-corrected chi connectivity index (χ0v) is 13.6. The van der Waals surface area contributed by atoms with Crippen LogP contribution in [0, 0.1) is 13.8 Å². The van der Waals surface area contributed by atoms with Crippen LogP contribution in [0.5, 0.6) is 0 Å². The minimum absolute atomic E-state index is 0.168. The maximum atomic E-state index is 12.0. The van der Waals surface area contributed by atoms with E-state index in [0.29, 0.717) is 19.0 Å². The number of hydrogen-bond acceptors (Lipinski definition) is 2. The van der Waals surface area contributed by atoms with E-state index >= 15 is 0 Å². The Morgan fingerprint density at radius 1 is 1.29 bits per heavy atom. The van der Waals surface area contributed by atoms with Crippen molar-refractivity contribution in [3.05, 3.63) is 34.9 Å². The van der Waals surface area contributed by atoms with E-state index in [1.54, 1.807) is 0 Å². The lowest BCUT2D eigenvalue weighted by molar-refractivity contribution is -0.121. The number of nitrogens with zero attached hydrogens (tertiary/aromatic N) is 1. The molecule has 21 heavy (non-hydrogen) atoms. The SMILES string of the molecule is Cc1cccc(CNC(=O)CC[C@@H](C)N2CCCC2)c1C. The predicted octanol–water partition coefficient (Wildman–Crippen LogP) is 3.18. The van der Waals surface area contributed by atoms with Gasteiger partial charge in [0.1, 0.15) is 0 Å². The summed E-state index contributed by atoms with van der Waals surface area (Å²) in [4.78, 5) is 14.5. The first-order valence-corrected chi connectivity index (χ1v) is 8.14. The standard InChI is InChI=1S/C18H28N2O/c1-14-7-6-8-17(16(14)3)13-19-18(21)10-9-15(2)20-11-4-5-12-20/h6-8,15H,4-5,9-13H2,1-3H3,(H,19,21)/t15-/m1/s1. The number of benzene rings is 1. The number of carbonyl (C=O) groups excluding carboxylic acids is 1. The monoisotopic (exact) mass is 288 g/mol. The van der Waals surface area contributed by atoms with E-state index in [9.17, 15) is 4.79 Å². The van der Waals surface area contributed by atoms with E-state index < -0.39 is 0 Å². The second-order valence-corrected chi connectivity index (χ2v) is 6.27. The molecule has 1 aromatic rings. The van der Waals surface area contributed by atoms with Crippen LogP contribution in [-0.4, -0.2) is 29.9 Å². The molecule has 1 atom stereocenters. The minimum atomic E-state index is 0.168.